The molecule has 1 atom stereocenters. The molecule has 0 aromatic heterocycles. The fourth-order valence-electron chi connectivity index (χ4n) is 2.82. The first-order valence-corrected chi connectivity index (χ1v) is 7.01. The van der Waals surface area contributed by atoms with Gasteiger partial charge in [0.25, 0.3) is 0 Å². The number of nitrogens with zero attached hydrogens (tertiary/aromatic N) is 1. The zero-order chi connectivity index (χ0) is 13.2. The molecule has 5 heteroatoms. The lowest BCUT2D eigenvalue weighted by atomic mass is 10.0. The summed E-state index contributed by atoms with van der Waals surface area (Å²) in [7, 11) is 0. The Bertz CT molecular complexity index is 457. The summed E-state index contributed by atoms with van der Waals surface area (Å²) in [6.45, 7) is 1.88. The van der Waals surface area contributed by atoms with Gasteiger partial charge in [-0.2, -0.15) is 0 Å². The predicted molar refractivity (Wildman–Crippen MR) is 72.9 cm³/mol. The molecule has 0 radical (unpaired) electrons. The first-order valence-electron chi connectivity index (χ1n) is 6.63. The minimum absolute atomic E-state index is 0.0344. The lowest BCUT2D eigenvalue weighted by Crippen LogP contribution is -2.42. The summed E-state index contributed by atoms with van der Waals surface area (Å²) in [5.74, 6) is 0.173. The highest BCUT2D eigenvalue weighted by Crippen LogP contribution is 2.29. The lowest BCUT2D eigenvalue weighted by molar-refractivity contribution is -0.132. The largest absolute Gasteiger partial charge is 0.381 e. The summed E-state index contributed by atoms with van der Waals surface area (Å²) in [6.07, 6.45) is 1.79. The van der Waals surface area contributed by atoms with Gasteiger partial charge >= 0.3 is 0 Å². The van der Waals surface area contributed by atoms with Crippen LogP contribution in [0.1, 0.15) is 24.6 Å². The van der Waals surface area contributed by atoms with Crippen molar-refractivity contribution in [2.45, 2.75) is 25.0 Å². The van der Waals surface area contributed by atoms with Gasteiger partial charge in [-0.25, -0.2) is 0 Å². The van der Waals surface area contributed by atoms with E-state index in [9.17, 15) is 4.79 Å². The van der Waals surface area contributed by atoms with E-state index in [1.54, 1.807) is 0 Å². The van der Waals surface area contributed by atoms with Crippen LogP contribution in [0.5, 0.6) is 0 Å². The number of rotatable bonds is 2. The number of carbonyl (C=O) groups excluding carboxylic acids is 1. The van der Waals surface area contributed by atoms with Crippen LogP contribution in [0, 0.1) is 0 Å². The Kier molecular flexibility index (Phi) is 3.73. The summed E-state index contributed by atoms with van der Waals surface area (Å²) in [4.78, 5) is 14.1. The maximum absolute atomic E-state index is 12.1. The molecule has 2 saturated heterocycles. The maximum Gasteiger partial charge on any atom is 0.238 e. The first-order chi connectivity index (χ1) is 9.25. The third kappa shape index (κ3) is 2.61. The Morgan fingerprint density at radius 1 is 1.21 bits per heavy atom. The van der Waals surface area contributed by atoms with Gasteiger partial charge in [0.15, 0.2) is 0 Å². The third-order valence-electron chi connectivity index (χ3n) is 3.78. The minimum atomic E-state index is -0.0344. The summed E-state index contributed by atoms with van der Waals surface area (Å²) in [5.41, 5.74) is 1.08. The van der Waals surface area contributed by atoms with Gasteiger partial charge in [0.2, 0.25) is 5.91 Å². The summed E-state index contributed by atoms with van der Waals surface area (Å²) in [5, 5.41) is 4.00. The Labute approximate surface area is 117 Å². The SMILES string of the molecule is O=C1CNC(c2ccc(Cl)cc2)N1C1CCOCC1. The molecule has 1 aromatic rings. The highest BCUT2D eigenvalue weighted by Gasteiger charge is 2.37. The van der Waals surface area contributed by atoms with Crippen molar-refractivity contribution in [1.29, 1.82) is 0 Å². The molecule has 2 fully saturated rings. The van der Waals surface area contributed by atoms with E-state index >= 15 is 0 Å². The second kappa shape index (κ2) is 5.49. The van der Waals surface area contributed by atoms with E-state index in [4.69, 9.17) is 16.3 Å². The summed E-state index contributed by atoms with van der Waals surface area (Å²) >= 11 is 5.91. The molecule has 2 aliphatic rings. The normalized spacial score (nSPS) is 25.0. The highest BCUT2D eigenvalue weighted by atomic mass is 35.5. The zero-order valence-electron chi connectivity index (χ0n) is 10.6. The van der Waals surface area contributed by atoms with Crippen LogP contribution < -0.4 is 5.32 Å². The molecule has 1 amide bonds. The van der Waals surface area contributed by atoms with Crippen molar-refractivity contribution < 1.29 is 9.53 Å². The van der Waals surface area contributed by atoms with Gasteiger partial charge in [-0.05, 0) is 30.5 Å². The summed E-state index contributed by atoms with van der Waals surface area (Å²) in [6, 6.07) is 7.96. The van der Waals surface area contributed by atoms with Gasteiger partial charge in [0.05, 0.1) is 6.54 Å². The van der Waals surface area contributed by atoms with Crippen LogP contribution >= 0.6 is 11.6 Å². The van der Waals surface area contributed by atoms with Gasteiger partial charge < -0.3 is 9.64 Å². The quantitative estimate of drug-likeness (QED) is 0.900. The highest BCUT2D eigenvalue weighted by molar-refractivity contribution is 6.30. The van der Waals surface area contributed by atoms with Crippen molar-refractivity contribution in [1.82, 2.24) is 10.2 Å². The number of carbonyl (C=O) groups is 1. The van der Waals surface area contributed by atoms with Gasteiger partial charge in [0.1, 0.15) is 6.17 Å². The molecule has 1 unspecified atom stereocenters. The average molecular weight is 281 g/mol. The second-order valence-corrected chi connectivity index (χ2v) is 5.42. The molecule has 102 valence electrons. The zero-order valence-corrected chi connectivity index (χ0v) is 11.4. The molecule has 1 aromatic carbocycles. The molecule has 2 aliphatic heterocycles. The minimum Gasteiger partial charge on any atom is -0.381 e. The van der Waals surface area contributed by atoms with E-state index in [-0.39, 0.29) is 18.1 Å². The second-order valence-electron chi connectivity index (χ2n) is 4.98. The standard InChI is InChI=1S/C14H17ClN2O2/c15-11-3-1-10(2-4-11)14-16-9-13(18)17(14)12-5-7-19-8-6-12/h1-4,12,14,16H,5-9H2. The van der Waals surface area contributed by atoms with Crippen molar-refractivity contribution in [2.75, 3.05) is 19.8 Å². The molecule has 0 aliphatic carbocycles. The van der Waals surface area contributed by atoms with Crippen LogP contribution in [0.4, 0.5) is 0 Å². The first kappa shape index (κ1) is 12.9. The molecule has 3 rings (SSSR count). The Balaban J connectivity index is 1.83. The van der Waals surface area contributed by atoms with Gasteiger partial charge in [0, 0.05) is 24.3 Å². The molecule has 0 spiro atoms. The fraction of sp³-hybridized carbons (Fsp3) is 0.500. The molecule has 0 bridgehead atoms. The topological polar surface area (TPSA) is 41.6 Å². The average Bonchev–Trinajstić information content (AvgIpc) is 2.82. The third-order valence-corrected chi connectivity index (χ3v) is 4.03. The van der Waals surface area contributed by atoms with E-state index in [1.807, 2.05) is 29.2 Å². The van der Waals surface area contributed by atoms with Crippen molar-refractivity contribution in [3.63, 3.8) is 0 Å². The molecule has 2 heterocycles. The maximum atomic E-state index is 12.1. The Hall–Kier alpha value is -1.10. The number of halogens is 1. The van der Waals surface area contributed by atoms with E-state index in [0.717, 1.165) is 31.6 Å². The monoisotopic (exact) mass is 280 g/mol. The Morgan fingerprint density at radius 3 is 2.58 bits per heavy atom. The van der Waals surface area contributed by atoms with Crippen LogP contribution in [-0.4, -0.2) is 36.6 Å². The van der Waals surface area contributed by atoms with Crippen LogP contribution in [0.15, 0.2) is 24.3 Å². The van der Waals surface area contributed by atoms with E-state index < -0.39 is 0 Å². The molecular formula is C14H17ClN2O2. The van der Waals surface area contributed by atoms with Crippen molar-refractivity contribution in [2.24, 2.45) is 0 Å². The van der Waals surface area contributed by atoms with Gasteiger partial charge in [-0.15, -0.1) is 0 Å². The van der Waals surface area contributed by atoms with Crippen LogP contribution in [0.2, 0.25) is 5.02 Å². The van der Waals surface area contributed by atoms with E-state index in [2.05, 4.69) is 5.32 Å². The molecule has 1 N–H and O–H groups in total. The molecule has 0 saturated carbocycles. The number of amides is 1. The number of hydrogen-bond donors (Lipinski definition) is 1. The summed E-state index contributed by atoms with van der Waals surface area (Å²) < 4.78 is 5.38. The fourth-order valence-corrected chi connectivity index (χ4v) is 2.94. The van der Waals surface area contributed by atoms with Crippen molar-refractivity contribution >= 4 is 17.5 Å². The lowest BCUT2D eigenvalue weighted by Gasteiger charge is -2.35. The van der Waals surface area contributed by atoms with Crippen molar-refractivity contribution in [3.05, 3.63) is 34.9 Å². The predicted octanol–water partition coefficient (Wildman–Crippen LogP) is 1.95. The van der Waals surface area contributed by atoms with Crippen molar-refractivity contribution in [3.8, 4) is 0 Å². The number of hydrogen-bond acceptors (Lipinski definition) is 3. The van der Waals surface area contributed by atoms with Crippen LogP contribution in [-0.2, 0) is 9.53 Å². The smallest absolute Gasteiger partial charge is 0.238 e. The number of nitrogens with one attached hydrogen (secondary N) is 1. The number of benzene rings is 1. The number of ether oxygens (including phenoxy) is 1. The molecule has 4 nitrogen and oxygen atoms in total. The molecule has 19 heavy (non-hydrogen) atoms. The van der Waals surface area contributed by atoms with E-state index in [1.165, 1.54) is 0 Å². The van der Waals surface area contributed by atoms with E-state index in [0.29, 0.717) is 11.6 Å². The van der Waals surface area contributed by atoms with Crippen LogP contribution in [0.3, 0.4) is 0 Å². The van der Waals surface area contributed by atoms with Gasteiger partial charge in [-0.3, -0.25) is 10.1 Å². The van der Waals surface area contributed by atoms with Gasteiger partial charge in [-0.1, -0.05) is 23.7 Å². The molecular weight excluding hydrogens is 264 g/mol. The Morgan fingerprint density at radius 2 is 1.89 bits per heavy atom. The van der Waals surface area contributed by atoms with Crippen LogP contribution in [0.25, 0.3) is 0 Å².